The Labute approximate surface area is 125 Å². The Bertz CT molecular complexity index is 466. The molecule has 1 heterocycles. The van der Waals surface area contributed by atoms with Crippen LogP contribution in [0, 0.1) is 10.1 Å². The van der Waals surface area contributed by atoms with Crippen LogP contribution in [-0.4, -0.2) is 40.8 Å². The third-order valence-corrected chi connectivity index (χ3v) is 3.04. The van der Waals surface area contributed by atoms with Crippen molar-refractivity contribution in [3.05, 3.63) is 22.2 Å². The van der Waals surface area contributed by atoms with Crippen molar-refractivity contribution < 1.29 is 10.0 Å². The maximum Gasteiger partial charge on any atom is 0.276 e. The van der Waals surface area contributed by atoms with Crippen molar-refractivity contribution in [2.45, 2.75) is 39.7 Å². The highest BCUT2D eigenvalue weighted by molar-refractivity contribution is 5.56. The largest absolute Gasteiger partial charge is 0.396 e. The van der Waals surface area contributed by atoms with Gasteiger partial charge in [0.2, 0.25) is 0 Å². The highest BCUT2D eigenvalue weighted by Gasteiger charge is 2.17. The first-order chi connectivity index (χ1) is 9.99. The Balaban J connectivity index is 3.11. The van der Waals surface area contributed by atoms with Gasteiger partial charge in [-0.1, -0.05) is 6.92 Å². The van der Waals surface area contributed by atoms with Crippen molar-refractivity contribution >= 4 is 17.3 Å². The highest BCUT2D eigenvalue weighted by Crippen LogP contribution is 2.24. The van der Waals surface area contributed by atoms with E-state index in [1.165, 1.54) is 12.1 Å². The molecule has 7 heteroatoms. The Hall–Kier alpha value is -1.89. The molecule has 1 rings (SSSR count). The molecule has 0 fully saturated rings. The van der Waals surface area contributed by atoms with Crippen LogP contribution in [0.15, 0.2) is 12.1 Å². The van der Waals surface area contributed by atoms with Crippen LogP contribution in [0.4, 0.5) is 17.3 Å². The summed E-state index contributed by atoms with van der Waals surface area (Å²) < 4.78 is 0. The molecular weight excluding hydrogens is 272 g/mol. The summed E-state index contributed by atoms with van der Waals surface area (Å²) in [5.74, 6) is 1.07. The zero-order valence-electron chi connectivity index (χ0n) is 12.9. The molecule has 0 unspecified atom stereocenters. The molecule has 0 saturated carbocycles. The molecule has 0 atom stereocenters. The van der Waals surface area contributed by atoms with Crippen molar-refractivity contribution in [3.8, 4) is 0 Å². The number of aliphatic hydroxyl groups is 1. The van der Waals surface area contributed by atoms with Crippen LogP contribution in [-0.2, 0) is 0 Å². The molecule has 0 aliphatic rings. The van der Waals surface area contributed by atoms with E-state index in [9.17, 15) is 10.1 Å². The Morgan fingerprint density at radius 3 is 2.71 bits per heavy atom. The maximum atomic E-state index is 11.1. The van der Waals surface area contributed by atoms with Crippen molar-refractivity contribution in [3.63, 3.8) is 0 Å². The monoisotopic (exact) mass is 296 g/mol. The van der Waals surface area contributed by atoms with Crippen molar-refractivity contribution in [2.24, 2.45) is 0 Å². The number of pyridine rings is 1. The smallest absolute Gasteiger partial charge is 0.276 e. The average molecular weight is 296 g/mol. The molecule has 7 nitrogen and oxygen atoms in total. The van der Waals surface area contributed by atoms with Gasteiger partial charge in [0.05, 0.1) is 17.1 Å². The summed E-state index contributed by atoms with van der Waals surface area (Å²) in [6, 6.07) is 3.07. The van der Waals surface area contributed by atoms with E-state index >= 15 is 0 Å². The van der Waals surface area contributed by atoms with Crippen molar-refractivity contribution in [1.29, 1.82) is 0 Å². The van der Waals surface area contributed by atoms with E-state index in [2.05, 4.69) is 10.3 Å². The summed E-state index contributed by atoms with van der Waals surface area (Å²) in [7, 11) is 0. The molecule has 0 aromatic carbocycles. The first-order valence-electron chi connectivity index (χ1n) is 7.27. The fourth-order valence-electron chi connectivity index (χ4n) is 1.98. The summed E-state index contributed by atoms with van der Waals surface area (Å²) in [5.41, 5.74) is 0.0215. The van der Waals surface area contributed by atoms with Gasteiger partial charge in [-0.15, -0.1) is 0 Å². The van der Waals surface area contributed by atoms with E-state index in [0.29, 0.717) is 31.1 Å². The Kier molecular flexibility index (Phi) is 6.87. The van der Waals surface area contributed by atoms with Crippen LogP contribution in [0.5, 0.6) is 0 Å². The predicted molar refractivity (Wildman–Crippen MR) is 83.9 cm³/mol. The standard InChI is InChI=1S/C14H24N4O3/c1-4-6-15-13-9-12(18(20)21)10-14(16-13)17(11(2)3)7-5-8-19/h9-11,19H,4-8H2,1-3H3,(H,15,16). The second kappa shape index (κ2) is 8.41. The Morgan fingerprint density at radius 1 is 1.48 bits per heavy atom. The summed E-state index contributed by atoms with van der Waals surface area (Å²) >= 11 is 0. The van der Waals surface area contributed by atoms with Gasteiger partial charge in [0.1, 0.15) is 11.6 Å². The number of nitrogens with one attached hydrogen (secondary N) is 1. The molecule has 118 valence electrons. The van der Waals surface area contributed by atoms with Gasteiger partial charge >= 0.3 is 0 Å². The topological polar surface area (TPSA) is 91.5 Å². The van der Waals surface area contributed by atoms with Gasteiger partial charge in [-0.25, -0.2) is 4.98 Å². The first kappa shape index (κ1) is 17.2. The van der Waals surface area contributed by atoms with Crippen LogP contribution < -0.4 is 10.2 Å². The second-order valence-electron chi connectivity index (χ2n) is 5.12. The van der Waals surface area contributed by atoms with Crippen LogP contribution in [0.25, 0.3) is 0 Å². The quantitative estimate of drug-likeness (QED) is 0.537. The lowest BCUT2D eigenvalue weighted by atomic mass is 10.2. The fraction of sp³-hybridized carbons (Fsp3) is 0.643. The summed E-state index contributed by atoms with van der Waals surface area (Å²) in [5, 5.41) is 23.2. The van der Waals surface area contributed by atoms with Crippen molar-refractivity contribution in [1.82, 2.24) is 4.98 Å². The lowest BCUT2D eigenvalue weighted by Gasteiger charge is -2.27. The van der Waals surface area contributed by atoms with E-state index in [1.807, 2.05) is 25.7 Å². The van der Waals surface area contributed by atoms with Gasteiger partial charge in [-0.05, 0) is 26.7 Å². The fourth-order valence-corrected chi connectivity index (χ4v) is 1.98. The minimum atomic E-state index is -0.410. The van der Waals surface area contributed by atoms with Gasteiger partial charge < -0.3 is 15.3 Å². The number of hydrogen-bond donors (Lipinski definition) is 2. The molecular formula is C14H24N4O3. The number of aromatic nitrogens is 1. The number of aliphatic hydroxyl groups excluding tert-OH is 1. The molecule has 0 bridgehead atoms. The molecule has 0 spiro atoms. The molecule has 2 N–H and O–H groups in total. The van der Waals surface area contributed by atoms with Crippen LogP contribution in [0.2, 0.25) is 0 Å². The molecule has 0 radical (unpaired) electrons. The zero-order chi connectivity index (χ0) is 15.8. The van der Waals surface area contributed by atoms with Gasteiger partial charge in [-0.2, -0.15) is 0 Å². The summed E-state index contributed by atoms with van der Waals surface area (Å²) in [4.78, 5) is 17.1. The van der Waals surface area contributed by atoms with Gasteiger partial charge in [-0.3, -0.25) is 10.1 Å². The van der Waals surface area contributed by atoms with Gasteiger partial charge in [0, 0.05) is 25.7 Å². The predicted octanol–water partition coefficient (Wildman–Crippen LogP) is 2.41. The third-order valence-electron chi connectivity index (χ3n) is 3.04. The van der Waals surface area contributed by atoms with Crippen molar-refractivity contribution in [2.75, 3.05) is 29.9 Å². The number of hydrogen-bond acceptors (Lipinski definition) is 6. The van der Waals surface area contributed by atoms with Crippen LogP contribution in [0.3, 0.4) is 0 Å². The summed E-state index contributed by atoms with van der Waals surface area (Å²) in [6.07, 6.45) is 1.51. The van der Waals surface area contributed by atoms with E-state index in [1.54, 1.807) is 0 Å². The molecule has 1 aromatic rings. The maximum absolute atomic E-state index is 11.1. The van der Waals surface area contributed by atoms with E-state index < -0.39 is 4.92 Å². The Morgan fingerprint density at radius 2 is 2.19 bits per heavy atom. The third kappa shape index (κ3) is 5.18. The van der Waals surface area contributed by atoms with Crippen LogP contribution in [0.1, 0.15) is 33.6 Å². The average Bonchev–Trinajstić information content (AvgIpc) is 2.45. The van der Waals surface area contributed by atoms with E-state index in [-0.39, 0.29) is 18.3 Å². The van der Waals surface area contributed by atoms with Gasteiger partial charge in [0.15, 0.2) is 0 Å². The summed E-state index contributed by atoms with van der Waals surface area (Å²) in [6.45, 7) is 7.42. The van der Waals surface area contributed by atoms with Crippen LogP contribution >= 0.6 is 0 Å². The molecule has 0 aliphatic heterocycles. The molecule has 0 aliphatic carbocycles. The molecule has 1 aromatic heterocycles. The molecule has 21 heavy (non-hydrogen) atoms. The zero-order valence-corrected chi connectivity index (χ0v) is 12.9. The lowest BCUT2D eigenvalue weighted by Crippen LogP contribution is -2.33. The number of nitro groups is 1. The second-order valence-corrected chi connectivity index (χ2v) is 5.12. The molecule has 0 amide bonds. The molecule has 0 saturated heterocycles. The first-order valence-corrected chi connectivity index (χ1v) is 7.27. The number of rotatable bonds is 9. The number of anilines is 2. The SMILES string of the molecule is CCCNc1cc([N+](=O)[O-])cc(N(CCCO)C(C)C)n1. The lowest BCUT2D eigenvalue weighted by molar-refractivity contribution is -0.384. The minimum Gasteiger partial charge on any atom is -0.396 e. The minimum absolute atomic E-state index is 0.0215. The van der Waals surface area contributed by atoms with Gasteiger partial charge in [0.25, 0.3) is 5.69 Å². The van der Waals surface area contributed by atoms with E-state index in [0.717, 1.165) is 6.42 Å². The highest BCUT2D eigenvalue weighted by atomic mass is 16.6. The van der Waals surface area contributed by atoms with E-state index in [4.69, 9.17) is 5.11 Å². The number of nitrogens with zero attached hydrogens (tertiary/aromatic N) is 3. The normalized spacial score (nSPS) is 10.7.